The molecule has 0 saturated carbocycles. The zero-order valence-electron chi connectivity index (χ0n) is 11.9. The summed E-state index contributed by atoms with van der Waals surface area (Å²) in [6.07, 6.45) is 0.487. The molecule has 2 aromatic rings. The van der Waals surface area contributed by atoms with Gasteiger partial charge in [0.05, 0.1) is 6.61 Å². The Labute approximate surface area is 129 Å². The molecule has 3 nitrogen and oxygen atoms in total. The van der Waals surface area contributed by atoms with Gasteiger partial charge in [-0.3, -0.25) is 4.79 Å². The second kappa shape index (κ2) is 7.74. The van der Waals surface area contributed by atoms with Gasteiger partial charge in [-0.05, 0) is 43.2 Å². The molecule has 0 radical (unpaired) electrons. The molecular weight excluding hydrogens is 284 g/mol. The van der Waals surface area contributed by atoms with E-state index in [0.717, 1.165) is 16.2 Å². The van der Waals surface area contributed by atoms with Crippen molar-refractivity contribution >= 4 is 17.7 Å². The van der Waals surface area contributed by atoms with Gasteiger partial charge in [-0.15, -0.1) is 11.8 Å². The highest BCUT2D eigenvalue weighted by Gasteiger charge is 2.19. The van der Waals surface area contributed by atoms with E-state index in [1.165, 1.54) is 11.8 Å². The van der Waals surface area contributed by atoms with Crippen molar-refractivity contribution < 1.29 is 14.6 Å². The van der Waals surface area contributed by atoms with Crippen LogP contribution in [0.2, 0.25) is 0 Å². The quantitative estimate of drug-likeness (QED) is 0.789. The van der Waals surface area contributed by atoms with Crippen molar-refractivity contribution in [2.24, 2.45) is 0 Å². The number of carboxylic acid groups (broad SMARTS) is 1. The first-order chi connectivity index (χ1) is 10.2. The minimum atomic E-state index is -0.794. The Morgan fingerprint density at radius 2 is 1.81 bits per heavy atom. The van der Waals surface area contributed by atoms with E-state index in [4.69, 9.17) is 4.74 Å². The lowest BCUT2D eigenvalue weighted by atomic mass is 10.1. The maximum Gasteiger partial charge on any atom is 0.317 e. The van der Waals surface area contributed by atoms with E-state index in [2.05, 4.69) is 0 Å². The van der Waals surface area contributed by atoms with Crippen LogP contribution < -0.4 is 4.74 Å². The summed E-state index contributed by atoms with van der Waals surface area (Å²) in [7, 11) is 0. The number of carboxylic acids is 1. The van der Waals surface area contributed by atoms with Crippen molar-refractivity contribution in [2.75, 3.05) is 6.61 Å². The van der Waals surface area contributed by atoms with Crippen LogP contribution in [0.1, 0.15) is 12.5 Å². The van der Waals surface area contributed by atoms with E-state index >= 15 is 0 Å². The maximum absolute atomic E-state index is 11.4. The number of benzene rings is 2. The second-order valence-electron chi connectivity index (χ2n) is 4.54. The van der Waals surface area contributed by atoms with Gasteiger partial charge in [-0.1, -0.05) is 30.3 Å². The molecule has 0 spiro atoms. The summed E-state index contributed by atoms with van der Waals surface area (Å²) in [6, 6.07) is 17.2. The molecule has 0 aliphatic rings. The summed E-state index contributed by atoms with van der Waals surface area (Å²) < 4.78 is 5.39. The van der Waals surface area contributed by atoms with Crippen molar-refractivity contribution in [3.8, 4) is 5.75 Å². The summed E-state index contributed by atoms with van der Waals surface area (Å²) in [5.41, 5.74) is 0.995. The molecule has 0 heterocycles. The lowest BCUT2D eigenvalue weighted by Gasteiger charge is -2.12. The van der Waals surface area contributed by atoms with Crippen LogP contribution in [0.25, 0.3) is 0 Å². The zero-order valence-corrected chi connectivity index (χ0v) is 12.7. The fraction of sp³-hybridized carbons (Fsp3) is 0.235. The Morgan fingerprint density at radius 1 is 1.14 bits per heavy atom. The molecule has 21 heavy (non-hydrogen) atoms. The van der Waals surface area contributed by atoms with Gasteiger partial charge in [0, 0.05) is 4.90 Å². The highest BCUT2D eigenvalue weighted by Crippen LogP contribution is 2.26. The van der Waals surface area contributed by atoms with Crippen LogP contribution >= 0.6 is 11.8 Å². The smallest absolute Gasteiger partial charge is 0.317 e. The van der Waals surface area contributed by atoms with E-state index in [1.807, 2.05) is 61.5 Å². The van der Waals surface area contributed by atoms with E-state index in [0.29, 0.717) is 13.0 Å². The molecule has 0 saturated heterocycles. The molecule has 4 heteroatoms. The summed E-state index contributed by atoms with van der Waals surface area (Å²) >= 11 is 1.38. The van der Waals surface area contributed by atoms with Crippen LogP contribution in [0.4, 0.5) is 0 Å². The van der Waals surface area contributed by atoms with Crippen LogP contribution in [0.3, 0.4) is 0 Å². The van der Waals surface area contributed by atoms with Gasteiger partial charge in [-0.2, -0.15) is 0 Å². The van der Waals surface area contributed by atoms with E-state index in [1.54, 1.807) is 0 Å². The standard InChI is InChI=1S/C17H18O3S/c1-2-20-14-10-8-13(9-11-14)12-16(17(18)19)21-15-6-4-3-5-7-15/h3-11,16H,2,12H2,1H3,(H,18,19). The average molecular weight is 302 g/mol. The van der Waals surface area contributed by atoms with Crippen LogP contribution in [-0.4, -0.2) is 22.9 Å². The molecular formula is C17H18O3S. The van der Waals surface area contributed by atoms with Crippen molar-refractivity contribution in [1.29, 1.82) is 0 Å². The molecule has 0 bridgehead atoms. The summed E-state index contributed by atoms with van der Waals surface area (Å²) in [6.45, 7) is 2.56. The predicted octanol–water partition coefficient (Wildman–Crippen LogP) is 3.87. The average Bonchev–Trinajstić information content (AvgIpc) is 2.50. The van der Waals surface area contributed by atoms with Gasteiger partial charge >= 0.3 is 5.97 Å². The van der Waals surface area contributed by atoms with Gasteiger partial charge < -0.3 is 9.84 Å². The molecule has 0 fully saturated rings. The summed E-state index contributed by atoms with van der Waals surface area (Å²) in [5, 5.41) is 8.89. The van der Waals surface area contributed by atoms with Crippen LogP contribution in [0, 0.1) is 0 Å². The molecule has 2 aromatic carbocycles. The third-order valence-corrected chi connectivity index (χ3v) is 4.15. The Hall–Kier alpha value is -1.94. The van der Waals surface area contributed by atoms with Crippen molar-refractivity contribution in [1.82, 2.24) is 0 Å². The molecule has 1 atom stereocenters. The fourth-order valence-corrected chi connectivity index (χ4v) is 2.96. The lowest BCUT2D eigenvalue weighted by molar-refractivity contribution is -0.136. The largest absolute Gasteiger partial charge is 0.494 e. The second-order valence-corrected chi connectivity index (χ2v) is 5.82. The van der Waals surface area contributed by atoms with Crippen molar-refractivity contribution in [3.05, 3.63) is 60.2 Å². The predicted molar refractivity (Wildman–Crippen MR) is 85.0 cm³/mol. The van der Waals surface area contributed by atoms with Crippen molar-refractivity contribution in [2.45, 2.75) is 23.5 Å². The molecule has 0 aliphatic heterocycles. The molecule has 2 rings (SSSR count). The van der Waals surface area contributed by atoms with Gasteiger partial charge in [0.2, 0.25) is 0 Å². The number of aliphatic carboxylic acids is 1. The molecule has 0 aromatic heterocycles. The first-order valence-electron chi connectivity index (χ1n) is 6.85. The van der Waals surface area contributed by atoms with Crippen LogP contribution in [0.5, 0.6) is 5.75 Å². The van der Waals surface area contributed by atoms with Gasteiger partial charge in [0.25, 0.3) is 0 Å². The Morgan fingerprint density at radius 3 is 2.38 bits per heavy atom. The first-order valence-corrected chi connectivity index (χ1v) is 7.73. The monoisotopic (exact) mass is 302 g/mol. The van der Waals surface area contributed by atoms with E-state index in [-0.39, 0.29) is 0 Å². The highest BCUT2D eigenvalue weighted by atomic mass is 32.2. The van der Waals surface area contributed by atoms with Gasteiger partial charge in [-0.25, -0.2) is 0 Å². The van der Waals surface area contributed by atoms with E-state index < -0.39 is 11.2 Å². The summed E-state index contributed by atoms with van der Waals surface area (Å²) in [5.74, 6) is 0.0153. The molecule has 110 valence electrons. The number of thioether (sulfide) groups is 1. The normalized spacial score (nSPS) is 11.9. The first kappa shape index (κ1) is 15.4. The Kier molecular flexibility index (Phi) is 5.69. The van der Waals surface area contributed by atoms with Crippen molar-refractivity contribution in [3.63, 3.8) is 0 Å². The van der Waals surface area contributed by atoms with Gasteiger partial charge in [0.15, 0.2) is 0 Å². The maximum atomic E-state index is 11.4. The third kappa shape index (κ3) is 4.83. The number of carbonyl (C=O) groups is 1. The lowest BCUT2D eigenvalue weighted by Crippen LogP contribution is -2.19. The number of hydrogen-bond acceptors (Lipinski definition) is 3. The zero-order chi connectivity index (χ0) is 15.1. The van der Waals surface area contributed by atoms with Crippen LogP contribution in [-0.2, 0) is 11.2 Å². The van der Waals surface area contributed by atoms with Crippen LogP contribution in [0.15, 0.2) is 59.5 Å². The minimum Gasteiger partial charge on any atom is -0.494 e. The minimum absolute atomic E-state index is 0.487. The Bertz CT molecular complexity index is 566. The topological polar surface area (TPSA) is 46.5 Å². The SMILES string of the molecule is CCOc1ccc(CC(Sc2ccccc2)C(=O)O)cc1. The third-order valence-electron chi connectivity index (χ3n) is 2.95. The fourth-order valence-electron chi connectivity index (χ4n) is 1.95. The molecule has 1 unspecified atom stereocenters. The number of rotatable bonds is 7. The number of ether oxygens (including phenoxy) is 1. The molecule has 1 N–H and O–H groups in total. The van der Waals surface area contributed by atoms with E-state index in [9.17, 15) is 9.90 Å². The van der Waals surface area contributed by atoms with Gasteiger partial charge in [0.1, 0.15) is 11.0 Å². The number of hydrogen-bond donors (Lipinski definition) is 1. The summed E-state index contributed by atoms with van der Waals surface area (Å²) in [4.78, 5) is 12.4. The molecule has 0 amide bonds. The Balaban J connectivity index is 2.04. The molecule has 0 aliphatic carbocycles. The highest BCUT2D eigenvalue weighted by molar-refractivity contribution is 8.00.